The van der Waals surface area contributed by atoms with Gasteiger partial charge in [0.15, 0.2) is 0 Å². The molecule has 1 aromatic heterocycles. The van der Waals surface area contributed by atoms with Crippen LogP contribution < -0.4 is 16.0 Å². The van der Waals surface area contributed by atoms with Crippen LogP contribution in [0.2, 0.25) is 5.02 Å². The molecule has 4 aromatic rings. The molecule has 1 heterocycles. The Hall–Kier alpha value is -5.03. The summed E-state index contributed by atoms with van der Waals surface area (Å²) in [6.07, 6.45) is 4.08. The predicted octanol–water partition coefficient (Wildman–Crippen LogP) is 3.55. The van der Waals surface area contributed by atoms with Gasteiger partial charge in [-0.05, 0) is 58.0 Å². The van der Waals surface area contributed by atoms with Gasteiger partial charge in [-0.15, -0.1) is 5.10 Å². The Kier molecular flexibility index (Phi) is 9.57. The third kappa shape index (κ3) is 7.98. The Labute approximate surface area is 235 Å². The number of methoxy groups -OCH3 is 1. The summed E-state index contributed by atoms with van der Waals surface area (Å²) in [5.41, 5.74) is 3.49. The second-order valence-electron chi connectivity index (χ2n) is 8.57. The van der Waals surface area contributed by atoms with E-state index in [0.717, 1.165) is 11.1 Å². The normalized spacial score (nSPS) is 11.6. The molecule has 1 atom stereocenters. The number of hydrogen-bond acceptors (Lipinski definition) is 7. The zero-order valence-corrected chi connectivity index (χ0v) is 22.2. The van der Waals surface area contributed by atoms with Gasteiger partial charge in [0.2, 0.25) is 11.8 Å². The van der Waals surface area contributed by atoms with Gasteiger partial charge in [-0.3, -0.25) is 9.59 Å². The molecule has 0 bridgehead atoms. The van der Waals surface area contributed by atoms with E-state index in [1.54, 1.807) is 48.5 Å². The number of ether oxygens (including phenoxy) is 1. The van der Waals surface area contributed by atoms with Crippen LogP contribution in [0.4, 0.5) is 10.5 Å². The van der Waals surface area contributed by atoms with Crippen molar-refractivity contribution in [2.45, 2.75) is 19.0 Å². The first kappa shape index (κ1) is 28.0. The van der Waals surface area contributed by atoms with Crippen molar-refractivity contribution in [3.63, 3.8) is 0 Å². The fourth-order valence-corrected chi connectivity index (χ4v) is 3.95. The highest BCUT2D eigenvalue weighted by molar-refractivity contribution is 6.30. The first-order valence-corrected chi connectivity index (χ1v) is 12.6. The Morgan fingerprint density at radius 3 is 2.50 bits per heavy atom. The van der Waals surface area contributed by atoms with Crippen molar-refractivity contribution in [3.8, 4) is 5.69 Å². The standard InChI is InChI=1S/C28H26ClN7O4/c1-40-28(39)30-17-20-7-11-23(12-8-20)32-27(38)24(15-19-5-3-2-4-6-19)33-26(37)14-9-21-16-22(29)10-13-25(21)36-18-31-34-35-36/h2-14,16,18,24H,15,17H2,1H3,(H,30,39)(H,32,38)(H,33,37). The van der Waals surface area contributed by atoms with Crippen molar-refractivity contribution in [2.24, 2.45) is 0 Å². The number of halogens is 1. The number of alkyl carbamates (subject to hydrolysis) is 1. The molecule has 12 heteroatoms. The van der Waals surface area contributed by atoms with Crippen molar-refractivity contribution in [1.29, 1.82) is 0 Å². The van der Waals surface area contributed by atoms with Crippen molar-refractivity contribution < 1.29 is 19.1 Å². The van der Waals surface area contributed by atoms with Gasteiger partial charge in [-0.25, -0.2) is 4.79 Å². The Morgan fingerprint density at radius 1 is 1.02 bits per heavy atom. The molecular weight excluding hydrogens is 534 g/mol. The fraction of sp³-hybridized carbons (Fsp3) is 0.143. The molecule has 0 saturated carbocycles. The van der Waals surface area contributed by atoms with Gasteiger partial charge in [0.05, 0.1) is 12.8 Å². The van der Waals surface area contributed by atoms with Crippen LogP contribution in [-0.4, -0.2) is 51.3 Å². The van der Waals surface area contributed by atoms with Crippen LogP contribution in [0.5, 0.6) is 0 Å². The summed E-state index contributed by atoms with van der Waals surface area (Å²) in [5, 5.41) is 19.9. The lowest BCUT2D eigenvalue weighted by Gasteiger charge is -2.18. The van der Waals surface area contributed by atoms with E-state index in [1.165, 1.54) is 24.2 Å². The molecule has 0 aliphatic rings. The molecule has 3 N–H and O–H groups in total. The first-order valence-electron chi connectivity index (χ1n) is 12.2. The van der Waals surface area contributed by atoms with Gasteiger partial charge >= 0.3 is 6.09 Å². The lowest BCUT2D eigenvalue weighted by molar-refractivity contribution is -0.123. The van der Waals surface area contributed by atoms with E-state index in [9.17, 15) is 14.4 Å². The van der Waals surface area contributed by atoms with Gasteiger partial charge in [0, 0.05) is 35.3 Å². The fourth-order valence-electron chi connectivity index (χ4n) is 3.77. The number of aromatic nitrogens is 4. The number of nitrogens with one attached hydrogen (secondary N) is 3. The number of rotatable bonds is 10. The first-order chi connectivity index (χ1) is 19.4. The van der Waals surface area contributed by atoms with E-state index in [4.69, 9.17) is 11.6 Å². The summed E-state index contributed by atoms with van der Waals surface area (Å²) in [5.74, 6) is -0.855. The highest BCUT2D eigenvalue weighted by Gasteiger charge is 2.21. The third-order valence-electron chi connectivity index (χ3n) is 5.76. The molecule has 0 radical (unpaired) electrons. The molecule has 3 amide bonds. The Balaban J connectivity index is 1.46. The quantitative estimate of drug-likeness (QED) is 0.252. The van der Waals surface area contributed by atoms with E-state index < -0.39 is 18.0 Å². The highest BCUT2D eigenvalue weighted by Crippen LogP contribution is 2.20. The average molecular weight is 560 g/mol. The number of nitrogens with zero attached hydrogens (tertiary/aromatic N) is 4. The number of benzene rings is 3. The van der Waals surface area contributed by atoms with Crippen LogP contribution in [0.3, 0.4) is 0 Å². The van der Waals surface area contributed by atoms with Crippen molar-refractivity contribution in [2.75, 3.05) is 12.4 Å². The van der Waals surface area contributed by atoms with Gasteiger partial charge in [-0.2, -0.15) is 4.68 Å². The van der Waals surface area contributed by atoms with Gasteiger partial charge in [0.1, 0.15) is 12.4 Å². The Morgan fingerprint density at radius 2 is 1.80 bits per heavy atom. The van der Waals surface area contributed by atoms with Gasteiger partial charge < -0.3 is 20.7 Å². The molecule has 40 heavy (non-hydrogen) atoms. The Bertz CT molecular complexity index is 1480. The van der Waals surface area contributed by atoms with Crippen molar-refractivity contribution in [1.82, 2.24) is 30.8 Å². The molecule has 0 spiro atoms. The summed E-state index contributed by atoms with van der Waals surface area (Å²) in [6.45, 7) is 0.279. The predicted molar refractivity (Wildman–Crippen MR) is 150 cm³/mol. The molecule has 4 rings (SSSR count). The van der Waals surface area contributed by atoms with E-state index in [-0.39, 0.29) is 18.9 Å². The molecule has 3 aromatic carbocycles. The molecule has 0 saturated heterocycles. The number of anilines is 1. The van der Waals surface area contributed by atoms with Crippen LogP contribution in [0, 0.1) is 0 Å². The SMILES string of the molecule is COC(=O)NCc1ccc(NC(=O)C(Cc2ccccc2)NC(=O)C=Cc2cc(Cl)ccc2-n2cnnn2)cc1. The number of tetrazole rings is 1. The summed E-state index contributed by atoms with van der Waals surface area (Å²) in [6, 6.07) is 20.6. The number of amides is 3. The molecule has 0 fully saturated rings. The summed E-state index contributed by atoms with van der Waals surface area (Å²) < 4.78 is 6.02. The lowest BCUT2D eigenvalue weighted by Crippen LogP contribution is -2.44. The zero-order chi connectivity index (χ0) is 28.3. The van der Waals surface area contributed by atoms with E-state index in [1.807, 2.05) is 30.3 Å². The summed E-state index contributed by atoms with van der Waals surface area (Å²) in [7, 11) is 1.29. The van der Waals surface area contributed by atoms with Crippen LogP contribution in [0.25, 0.3) is 11.8 Å². The minimum Gasteiger partial charge on any atom is -0.453 e. The number of carbonyl (C=O) groups excluding carboxylic acids is 3. The average Bonchev–Trinajstić information content (AvgIpc) is 3.50. The topological polar surface area (TPSA) is 140 Å². The van der Waals surface area contributed by atoms with E-state index in [2.05, 4.69) is 36.2 Å². The second-order valence-corrected chi connectivity index (χ2v) is 9.01. The minimum absolute atomic E-state index is 0.278. The number of hydrogen-bond donors (Lipinski definition) is 3. The van der Waals surface area contributed by atoms with Crippen LogP contribution in [-0.2, 0) is 27.3 Å². The third-order valence-corrected chi connectivity index (χ3v) is 5.99. The maximum Gasteiger partial charge on any atom is 0.407 e. The molecule has 11 nitrogen and oxygen atoms in total. The second kappa shape index (κ2) is 13.7. The van der Waals surface area contributed by atoms with Gasteiger partial charge in [0.25, 0.3) is 0 Å². The molecule has 204 valence electrons. The highest BCUT2D eigenvalue weighted by atomic mass is 35.5. The maximum absolute atomic E-state index is 13.3. The molecule has 0 aliphatic heterocycles. The van der Waals surface area contributed by atoms with Crippen LogP contribution >= 0.6 is 11.6 Å². The van der Waals surface area contributed by atoms with Crippen LogP contribution in [0.15, 0.2) is 85.2 Å². The minimum atomic E-state index is -0.862. The van der Waals surface area contributed by atoms with E-state index >= 15 is 0 Å². The van der Waals surface area contributed by atoms with Crippen LogP contribution in [0.1, 0.15) is 16.7 Å². The maximum atomic E-state index is 13.3. The van der Waals surface area contributed by atoms with E-state index in [0.29, 0.717) is 22.0 Å². The van der Waals surface area contributed by atoms with Crippen molar-refractivity contribution >= 4 is 41.3 Å². The molecular formula is C28H26ClN7O4. The molecule has 1 unspecified atom stereocenters. The van der Waals surface area contributed by atoms with Crippen molar-refractivity contribution in [3.05, 3.63) is 107 Å². The summed E-state index contributed by atoms with van der Waals surface area (Å²) >= 11 is 6.16. The zero-order valence-electron chi connectivity index (χ0n) is 21.5. The molecule has 0 aliphatic carbocycles. The lowest BCUT2D eigenvalue weighted by atomic mass is 10.0. The largest absolute Gasteiger partial charge is 0.453 e. The monoisotopic (exact) mass is 559 g/mol. The summed E-state index contributed by atoms with van der Waals surface area (Å²) in [4.78, 5) is 37.5. The number of carbonyl (C=O) groups is 3. The smallest absolute Gasteiger partial charge is 0.407 e. The van der Waals surface area contributed by atoms with Gasteiger partial charge in [-0.1, -0.05) is 54.1 Å².